The van der Waals surface area contributed by atoms with E-state index in [1.165, 1.54) is 26.1 Å². The van der Waals surface area contributed by atoms with Crippen molar-refractivity contribution in [1.82, 2.24) is 4.98 Å². The Morgan fingerprint density at radius 2 is 1.89 bits per heavy atom. The van der Waals surface area contributed by atoms with Gasteiger partial charge < -0.3 is 0 Å². The molecule has 0 atom stereocenters. The van der Waals surface area contributed by atoms with Crippen LogP contribution in [0, 0.1) is 6.92 Å². The minimum Gasteiger partial charge on any atom is -0.264 e. The highest BCUT2D eigenvalue weighted by molar-refractivity contribution is 7.99. The van der Waals surface area contributed by atoms with Crippen LogP contribution in [0.15, 0.2) is 70.7 Å². The Morgan fingerprint density at radius 3 is 2.78 bits per heavy atom. The van der Waals surface area contributed by atoms with Crippen LogP contribution in [0.4, 0.5) is 0 Å². The van der Waals surface area contributed by atoms with Crippen molar-refractivity contribution in [2.75, 3.05) is 0 Å². The molecule has 0 bridgehead atoms. The number of nitrogens with zero attached hydrogens (tertiary/aromatic N) is 1. The lowest BCUT2D eigenvalue weighted by molar-refractivity contribution is 1.34. The molecule has 0 spiro atoms. The first kappa shape index (κ1) is 11.3. The van der Waals surface area contributed by atoms with E-state index < -0.39 is 0 Å². The van der Waals surface area contributed by atoms with Crippen LogP contribution in [0.1, 0.15) is 5.56 Å². The van der Waals surface area contributed by atoms with Crippen LogP contribution in [0.2, 0.25) is 0 Å². The van der Waals surface area contributed by atoms with Gasteiger partial charge in [0.1, 0.15) is 0 Å². The minimum atomic E-state index is 1.19. The van der Waals surface area contributed by atoms with Crippen LogP contribution in [-0.2, 0) is 0 Å². The highest BCUT2D eigenvalue weighted by atomic mass is 32.2. The molecule has 88 valence electrons. The van der Waals surface area contributed by atoms with Gasteiger partial charge in [-0.2, -0.15) is 0 Å². The quantitative estimate of drug-likeness (QED) is 0.655. The zero-order valence-corrected chi connectivity index (χ0v) is 10.9. The molecule has 1 nitrogen and oxygen atoms in total. The lowest BCUT2D eigenvalue weighted by atomic mass is 10.2. The van der Waals surface area contributed by atoms with E-state index in [1.54, 1.807) is 11.8 Å². The number of fused-ring (bicyclic) bond motifs is 1. The molecule has 18 heavy (non-hydrogen) atoms. The average molecular weight is 251 g/mol. The van der Waals surface area contributed by atoms with Gasteiger partial charge in [-0.3, -0.25) is 4.98 Å². The van der Waals surface area contributed by atoms with Crippen molar-refractivity contribution in [2.24, 2.45) is 0 Å². The van der Waals surface area contributed by atoms with Crippen molar-refractivity contribution in [2.45, 2.75) is 16.7 Å². The summed E-state index contributed by atoms with van der Waals surface area (Å²) in [6, 6.07) is 17.0. The first-order valence-corrected chi connectivity index (χ1v) is 6.72. The van der Waals surface area contributed by atoms with E-state index in [1.807, 2.05) is 12.4 Å². The molecule has 1 aromatic heterocycles. The summed E-state index contributed by atoms with van der Waals surface area (Å²) in [5.74, 6) is 0. The van der Waals surface area contributed by atoms with Crippen molar-refractivity contribution in [3.05, 3.63) is 66.5 Å². The molecule has 0 fully saturated rings. The van der Waals surface area contributed by atoms with Crippen molar-refractivity contribution in [3.8, 4) is 0 Å². The zero-order valence-electron chi connectivity index (χ0n) is 10.1. The van der Waals surface area contributed by atoms with Gasteiger partial charge >= 0.3 is 0 Å². The molecule has 0 N–H and O–H groups in total. The van der Waals surface area contributed by atoms with Crippen LogP contribution in [0.3, 0.4) is 0 Å². The standard InChI is InChI=1S/C16H13NS/c1-12-4-2-6-14(10-12)18-16-7-3-5-13-11-17-9-8-15(13)16/h2-11H,1H3. The van der Waals surface area contributed by atoms with Gasteiger partial charge in [0.05, 0.1) is 0 Å². The second kappa shape index (κ2) is 4.83. The summed E-state index contributed by atoms with van der Waals surface area (Å²) >= 11 is 1.80. The molecule has 0 aliphatic carbocycles. The Morgan fingerprint density at radius 1 is 1.00 bits per heavy atom. The number of hydrogen-bond donors (Lipinski definition) is 0. The zero-order chi connectivity index (χ0) is 12.4. The van der Waals surface area contributed by atoms with Crippen molar-refractivity contribution in [1.29, 1.82) is 0 Å². The fourth-order valence-corrected chi connectivity index (χ4v) is 3.08. The number of pyridine rings is 1. The van der Waals surface area contributed by atoms with Gasteiger partial charge in [-0.05, 0) is 36.6 Å². The van der Waals surface area contributed by atoms with Gasteiger partial charge in [0, 0.05) is 27.6 Å². The second-order valence-corrected chi connectivity index (χ2v) is 5.39. The third kappa shape index (κ3) is 2.24. The largest absolute Gasteiger partial charge is 0.264 e. The highest BCUT2D eigenvalue weighted by Gasteiger charge is 2.02. The lowest BCUT2D eigenvalue weighted by Gasteiger charge is -2.06. The topological polar surface area (TPSA) is 12.9 Å². The average Bonchev–Trinajstić information content (AvgIpc) is 2.39. The van der Waals surface area contributed by atoms with E-state index in [0.717, 1.165) is 0 Å². The Labute approximate surface area is 111 Å². The molecular formula is C16H13NS. The molecule has 0 amide bonds. The molecule has 2 aromatic carbocycles. The fraction of sp³-hybridized carbons (Fsp3) is 0.0625. The van der Waals surface area contributed by atoms with Crippen LogP contribution in [0.5, 0.6) is 0 Å². The number of rotatable bonds is 2. The van der Waals surface area contributed by atoms with Gasteiger partial charge in [0.25, 0.3) is 0 Å². The first-order chi connectivity index (χ1) is 8.83. The Hall–Kier alpha value is -1.80. The van der Waals surface area contributed by atoms with Gasteiger partial charge in [-0.25, -0.2) is 0 Å². The van der Waals surface area contributed by atoms with E-state index in [4.69, 9.17) is 0 Å². The molecule has 3 aromatic rings. The summed E-state index contributed by atoms with van der Waals surface area (Å²) in [5, 5.41) is 2.45. The van der Waals surface area contributed by atoms with Gasteiger partial charge in [-0.1, -0.05) is 41.6 Å². The van der Waals surface area contributed by atoms with E-state index in [-0.39, 0.29) is 0 Å². The van der Waals surface area contributed by atoms with Crippen molar-refractivity contribution >= 4 is 22.5 Å². The maximum atomic E-state index is 4.17. The minimum absolute atomic E-state index is 1.19. The smallest absolute Gasteiger partial charge is 0.0346 e. The molecule has 3 rings (SSSR count). The number of aromatic nitrogens is 1. The molecule has 0 saturated heterocycles. The summed E-state index contributed by atoms with van der Waals surface area (Å²) in [6.45, 7) is 2.12. The van der Waals surface area contributed by atoms with Crippen LogP contribution in [-0.4, -0.2) is 4.98 Å². The number of aryl methyl sites for hydroxylation is 1. The number of benzene rings is 2. The van der Waals surface area contributed by atoms with Crippen molar-refractivity contribution < 1.29 is 0 Å². The molecule has 2 heteroatoms. The summed E-state index contributed by atoms with van der Waals surface area (Å²) in [6.07, 6.45) is 3.76. The molecule has 1 heterocycles. The highest BCUT2D eigenvalue weighted by Crippen LogP contribution is 2.33. The summed E-state index contributed by atoms with van der Waals surface area (Å²) < 4.78 is 0. The van der Waals surface area contributed by atoms with Crippen LogP contribution in [0.25, 0.3) is 10.8 Å². The third-order valence-corrected chi connectivity index (χ3v) is 3.92. The predicted molar refractivity (Wildman–Crippen MR) is 77.0 cm³/mol. The molecule has 0 aliphatic heterocycles. The van der Waals surface area contributed by atoms with E-state index in [2.05, 4.69) is 60.4 Å². The van der Waals surface area contributed by atoms with Crippen LogP contribution >= 0.6 is 11.8 Å². The van der Waals surface area contributed by atoms with Crippen LogP contribution < -0.4 is 0 Å². The first-order valence-electron chi connectivity index (χ1n) is 5.90. The van der Waals surface area contributed by atoms with E-state index in [9.17, 15) is 0 Å². The normalized spacial score (nSPS) is 10.7. The van der Waals surface area contributed by atoms with Gasteiger partial charge in [0.15, 0.2) is 0 Å². The molecule has 0 radical (unpaired) electrons. The maximum absolute atomic E-state index is 4.17. The maximum Gasteiger partial charge on any atom is 0.0346 e. The van der Waals surface area contributed by atoms with Gasteiger partial charge in [0.2, 0.25) is 0 Å². The lowest BCUT2D eigenvalue weighted by Crippen LogP contribution is -1.80. The Balaban J connectivity index is 2.05. The SMILES string of the molecule is Cc1cccc(Sc2cccc3cnccc23)c1. The molecule has 0 unspecified atom stereocenters. The van der Waals surface area contributed by atoms with E-state index in [0.29, 0.717) is 0 Å². The third-order valence-electron chi connectivity index (χ3n) is 2.86. The fourth-order valence-electron chi connectivity index (χ4n) is 1.99. The molecular weight excluding hydrogens is 238 g/mol. The monoisotopic (exact) mass is 251 g/mol. The van der Waals surface area contributed by atoms with Gasteiger partial charge in [-0.15, -0.1) is 0 Å². The number of hydrogen-bond acceptors (Lipinski definition) is 2. The second-order valence-electron chi connectivity index (χ2n) is 4.27. The Bertz CT molecular complexity index is 686. The Kier molecular flexibility index (Phi) is 3.03. The molecule has 0 saturated carbocycles. The van der Waals surface area contributed by atoms with E-state index >= 15 is 0 Å². The molecule has 0 aliphatic rings. The summed E-state index contributed by atoms with van der Waals surface area (Å²) in [4.78, 5) is 6.72. The summed E-state index contributed by atoms with van der Waals surface area (Å²) in [5.41, 5.74) is 1.29. The summed E-state index contributed by atoms with van der Waals surface area (Å²) in [7, 11) is 0. The predicted octanol–water partition coefficient (Wildman–Crippen LogP) is 4.69. The van der Waals surface area contributed by atoms with Crippen molar-refractivity contribution in [3.63, 3.8) is 0 Å².